The van der Waals surface area contributed by atoms with Gasteiger partial charge in [-0.05, 0) is 11.1 Å². The molecule has 0 bridgehead atoms. The lowest BCUT2D eigenvalue weighted by Gasteiger charge is -2.04. The van der Waals surface area contributed by atoms with E-state index in [4.69, 9.17) is 16.6 Å². The number of hydrogen-bond acceptors (Lipinski definition) is 3. The highest BCUT2D eigenvalue weighted by Gasteiger charge is 1.98. The maximum absolute atomic E-state index is 8.89. The lowest BCUT2D eigenvalue weighted by molar-refractivity contribution is 0.183. The van der Waals surface area contributed by atoms with Gasteiger partial charge in [-0.25, -0.2) is 0 Å². The molecule has 12 heavy (non-hydrogen) atoms. The average molecular weight is 166 g/mol. The van der Waals surface area contributed by atoms with E-state index in [9.17, 15) is 0 Å². The largest absolute Gasteiger partial charge is 0.378 e. The Morgan fingerprint density at radius 2 is 1.67 bits per heavy atom. The van der Waals surface area contributed by atoms with Crippen molar-refractivity contribution in [3.8, 4) is 0 Å². The number of benzene rings is 1. The number of aliphatic hydroxyl groups is 1. The molecule has 5 N–H and O–H groups in total. The minimum Gasteiger partial charge on any atom is -0.378 e. The van der Waals surface area contributed by atoms with E-state index in [1.54, 1.807) is 0 Å². The van der Waals surface area contributed by atoms with Gasteiger partial charge < -0.3 is 16.6 Å². The third-order valence-electron chi connectivity index (χ3n) is 1.70. The molecule has 0 aliphatic carbocycles. The minimum atomic E-state index is -0.770. The molecule has 0 aliphatic heterocycles. The highest BCUT2D eigenvalue weighted by molar-refractivity contribution is 5.22. The van der Waals surface area contributed by atoms with E-state index < -0.39 is 6.23 Å². The van der Waals surface area contributed by atoms with Gasteiger partial charge in [0.15, 0.2) is 0 Å². The zero-order valence-corrected chi connectivity index (χ0v) is 6.90. The number of hydrogen-bond donors (Lipinski definition) is 3. The second-order valence-electron chi connectivity index (χ2n) is 2.79. The van der Waals surface area contributed by atoms with Gasteiger partial charge in [0, 0.05) is 13.0 Å². The van der Waals surface area contributed by atoms with Gasteiger partial charge >= 0.3 is 0 Å². The average Bonchev–Trinajstić information content (AvgIpc) is 2.05. The van der Waals surface area contributed by atoms with Crippen molar-refractivity contribution in [2.45, 2.75) is 19.2 Å². The van der Waals surface area contributed by atoms with Crippen molar-refractivity contribution in [3.63, 3.8) is 0 Å². The molecule has 0 amide bonds. The molecule has 66 valence electrons. The highest BCUT2D eigenvalue weighted by Crippen LogP contribution is 2.04. The first-order valence-electron chi connectivity index (χ1n) is 3.94. The van der Waals surface area contributed by atoms with Gasteiger partial charge in [-0.3, -0.25) is 0 Å². The Hall–Kier alpha value is -0.900. The molecule has 0 aliphatic rings. The molecule has 3 nitrogen and oxygen atoms in total. The number of nitrogens with two attached hydrogens (primary N) is 2. The first kappa shape index (κ1) is 9.19. The molecular formula is C9H14N2O. The fourth-order valence-electron chi connectivity index (χ4n) is 1.05. The monoisotopic (exact) mass is 166 g/mol. The first-order valence-corrected chi connectivity index (χ1v) is 3.94. The maximum atomic E-state index is 8.89. The summed E-state index contributed by atoms with van der Waals surface area (Å²) < 4.78 is 0. The van der Waals surface area contributed by atoms with Crippen LogP contribution in [0.3, 0.4) is 0 Å². The zero-order chi connectivity index (χ0) is 8.97. The molecule has 1 aromatic carbocycles. The summed E-state index contributed by atoms with van der Waals surface area (Å²) in [5.41, 5.74) is 12.8. The van der Waals surface area contributed by atoms with Crippen molar-refractivity contribution in [1.82, 2.24) is 0 Å². The Bertz CT molecular complexity index is 231. The molecule has 0 radical (unpaired) electrons. The summed E-state index contributed by atoms with van der Waals surface area (Å²) in [5, 5.41) is 8.89. The molecule has 0 saturated carbocycles. The van der Waals surface area contributed by atoms with Gasteiger partial charge in [-0.1, -0.05) is 24.3 Å². The van der Waals surface area contributed by atoms with E-state index in [2.05, 4.69) is 0 Å². The molecule has 0 aromatic heterocycles. The SMILES string of the molecule is NCc1ccc(CC(N)O)cc1. The predicted octanol–water partition coefficient (Wildman–Crippen LogP) is -0.0351. The number of aliphatic hydroxyl groups excluding tert-OH is 1. The van der Waals surface area contributed by atoms with Crippen LogP contribution in [0.2, 0.25) is 0 Å². The van der Waals surface area contributed by atoms with Gasteiger partial charge in [0.1, 0.15) is 6.23 Å². The Kier molecular flexibility index (Phi) is 3.22. The third kappa shape index (κ3) is 2.62. The molecule has 1 atom stereocenters. The highest BCUT2D eigenvalue weighted by atomic mass is 16.3. The van der Waals surface area contributed by atoms with Crippen LogP contribution in [-0.2, 0) is 13.0 Å². The Labute approximate surface area is 72.0 Å². The van der Waals surface area contributed by atoms with E-state index in [1.165, 1.54) is 0 Å². The van der Waals surface area contributed by atoms with Crippen LogP contribution in [0.15, 0.2) is 24.3 Å². The Morgan fingerprint density at radius 1 is 1.17 bits per heavy atom. The summed E-state index contributed by atoms with van der Waals surface area (Å²) in [4.78, 5) is 0. The van der Waals surface area contributed by atoms with Crippen LogP contribution in [0.4, 0.5) is 0 Å². The fraction of sp³-hybridized carbons (Fsp3) is 0.333. The van der Waals surface area contributed by atoms with E-state index >= 15 is 0 Å². The van der Waals surface area contributed by atoms with Crippen LogP contribution in [-0.4, -0.2) is 11.3 Å². The van der Waals surface area contributed by atoms with E-state index in [0.717, 1.165) is 11.1 Å². The van der Waals surface area contributed by atoms with Gasteiger partial charge in [0.25, 0.3) is 0 Å². The summed E-state index contributed by atoms with van der Waals surface area (Å²) in [6.45, 7) is 0.547. The third-order valence-corrected chi connectivity index (χ3v) is 1.70. The fourth-order valence-corrected chi connectivity index (χ4v) is 1.05. The lowest BCUT2D eigenvalue weighted by Crippen LogP contribution is -2.21. The summed E-state index contributed by atoms with van der Waals surface area (Å²) >= 11 is 0. The second-order valence-corrected chi connectivity index (χ2v) is 2.79. The first-order chi connectivity index (χ1) is 5.72. The lowest BCUT2D eigenvalue weighted by atomic mass is 10.1. The van der Waals surface area contributed by atoms with E-state index in [1.807, 2.05) is 24.3 Å². The molecule has 0 saturated heterocycles. The van der Waals surface area contributed by atoms with Crippen molar-refractivity contribution in [2.75, 3.05) is 0 Å². The summed E-state index contributed by atoms with van der Waals surface area (Å²) in [6, 6.07) is 7.74. The molecule has 1 aromatic rings. The molecule has 0 spiro atoms. The molecule has 0 fully saturated rings. The van der Waals surface area contributed by atoms with Crippen LogP contribution >= 0.6 is 0 Å². The van der Waals surface area contributed by atoms with Crippen molar-refractivity contribution >= 4 is 0 Å². The zero-order valence-electron chi connectivity index (χ0n) is 6.90. The van der Waals surface area contributed by atoms with Crippen molar-refractivity contribution in [3.05, 3.63) is 35.4 Å². The maximum Gasteiger partial charge on any atom is 0.106 e. The summed E-state index contributed by atoms with van der Waals surface area (Å²) in [5.74, 6) is 0. The molecule has 1 rings (SSSR count). The van der Waals surface area contributed by atoms with Gasteiger partial charge in [0.2, 0.25) is 0 Å². The van der Waals surface area contributed by atoms with Crippen molar-refractivity contribution in [1.29, 1.82) is 0 Å². The summed E-state index contributed by atoms with van der Waals surface area (Å²) in [7, 11) is 0. The molecule has 1 unspecified atom stereocenters. The molecule has 3 heteroatoms. The predicted molar refractivity (Wildman–Crippen MR) is 48.2 cm³/mol. The van der Waals surface area contributed by atoms with Crippen LogP contribution in [0.5, 0.6) is 0 Å². The minimum absolute atomic E-state index is 0.491. The Balaban J connectivity index is 2.65. The van der Waals surface area contributed by atoms with Gasteiger partial charge in [0.05, 0.1) is 0 Å². The van der Waals surface area contributed by atoms with E-state index in [-0.39, 0.29) is 0 Å². The standard InChI is InChI=1S/C9H14N2O/c10-6-8-3-1-7(2-4-8)5-9(11)12/h1-4,9,12H,5-6,10-11H2. The van der Waals surface area contributed by atoms with E-state index in [0.29, 0.717) is 13.0 Å². The molecule has 0 heterocycles. The van der Waals surface area contributed by atoms with Gasteiger partial charge in [-0.15, -0.1) is 0 Å². The topological polar surface area (TPSA) is 72.3 Å². The van der Waals surface area contributed by atoms with Gasteiger partial charge in [-0.2, -0.15) is 0 Å². The smallest absolute Gasteiger partial charge is 0.106 e. The van der Waals surface area contributed by atoms with Crippen LogP contribution in [0, 0.1) is 0 Å². The van der Waals surface area contributed by atoms with Crippen LogP contribution < -0.4 is 11.5 Å². The molecular weight excluding hydrogens is 152 g/mol. The Morgan fingerprint density at radius 3 is 2.08 bits per heavy atom. The van der Waals surface area contributed by atoms with Crippen molar-refractivity contribution in [2.24, 2.45) is 11.5 Å². The normalized spacial score (nSPS) is 12.9. The summed E-state index contributed by atoms with van der Waals surface area (Å²) in [6.07, 6.45) is -0.279. The van der Waals surface area contributed by atoms with Crippen molar-refractivity contribution < 1.29 is 5.11 Å². The van der Waals surface area contributed by atoms with Crippen LogP contribution in [0.1, 0.15) is 11.1 Å². The van der Waals surface area contributed by atoms with Crippen LogP contribution in [0.25, 0.3) is 0 Å². The number of rotatable bonds is 3. The second kappa shape index (κ2) is 4.21. The quantitative estimate of drug-likeness (QED) is 0.552.